The molecule has 2 fully saturated rings. The molecule has 2 bridgehead atoms. The van der Waals surface area contributed by atoms with Gasteiger partial charge < -0.3 is 0 Å². The van der Waals surface area contributed by atoms with Crippen molar-refractivity contribution >= 4 is 23.5 Å². The maximum Gasteiger partial charge on any atom is 0.0725 e. The summed E-state index contributed by atoms with van der Waals surface area (Å²) in [4.78, 5) is 2.56. The average molecular weight is 209 g/mol. The average Bonchev–Trinajstić information content (AvgIpc) is 2.78. The van der Waals surface area contributed by atoms with E-state index in [9.17, 15) is 0 Å². The quantitative estimate of drug-likeness (QED) is 0.700. The van der Waals surface area contributed by atoms with Crippen molar-refractivity contribution in [2.24, 2.45) is 0 Å². The van der Waals surface area contributed by atoms with Crippen molar-refractivity contribution in [2.45, 2.75) is 10.6 Å². The van der Waals surface area contributed by atoms with Crippen LogP contribution in [0.3, 0.4) is 0 Å². The van der Waals surface area contributed by atoms with E-state index in [1.54, 1.807) is 0 Å². The van der Waals surface area contributed by atoms with Gasteiger partial charge in [0, 0.05) is 11.8 Å². The Morgan fingerprint density at radius 3 is 2.31 bits per heavy atom. The Bertz CT molecular complexity index is 281. The molecular weight excluding hydrogens is 198 g/mol. The lowest BCUT2D eigenvalue weighted by atomic mass is 10.1. The monoisotopic (exact) mass is 209 g/mol. The van der Waals surface area contributed by atoms with Crippen LogP contribution < -0.4 is 0 Å². The Morgan fingerprint density at radius 2 is 1.77 bits per heavy atom. The molecule has 0 amide bonds. The van der Waals surface area contributed by atoms with Gasteiger partial charge in [0.25, 0.3) is 0 Å². The lowest BCUT2D eigenvalue weighted by Crippen LogP contribution is -2.18. The molecule has 0 aromatic heterocycles. The molecule has 0 radical (unpaired) electrons. The zero-order valence-corrected chi connectivity index (χ0v) is 8.85. The summed E-state index contributed by atoms with van der Waals surface area (Å²) in [6.07, 6.45) is 0. The number of nitrogens with zero attached hydrogens (tertiary/aromatic N) is 1. The molecule has 0 N–H and O–H groups in total. The third-order valence-electron chi connectivity index (χ3n) is 2.60. The van der Waals surface area contributed by atoms with Gasteiger partial charge in [0.15, 0.2) is 0 Å². The topological polar surface area (TPSA) is 3.24 Å². The van der Waals surface area contributed by atoms with E-state index in [1.807, 2.05) is 0 Å². The zero-order chi connectivity index (χ0) is 8.67. The van der Waals surface area contributed by atoms with Crippen molar-refractivity contribution in [1.29, 1.82) is 0 Å². The predicted molar refractivity (Wildman–Crippen MR) is 59.7 cm³/mol. The maximum absolute atomic E-state index is 2.56. The molecular formula is C10H11NS2. The summed E-state index contributed by atoms with van der Waals surface area (Å²) in [6, 6.07) is 11.6. The number of rotatable bonds is 1. The second kappa shape index (κ2) is 3.23. The Morgan fingerprint density at radius 1 is 1.08 bits per heavy atom. The minimum absolute atomic E-state index is 0.677. The molecule has 0 saturated carbocycles. The highest BCUT2D eigenvalue weighted by Gasteiger charge is 2.41. The standard InChI is InChI=1S/C10H11NS2/c1-2-4-8(5-3-1)9-10-12-6-11(9)7-13-10/h1-5,9-10H,6-7H2. The minimum Gasteiger partial charge on any atom is -0.276 e. The first-order chi connectivity index (χ1) is 6.45. The summed E-state index contributed by atoms with van der Waals surface area (Å²) >= 11 is 4.17. The van der Waals surface area contributed by atoms with Gasteiger partial charge in [-0.25, -0.2) is 0 Å². The Hall–Kier alpha value is -0.120. The minimum atomic E-state index is 0.677. The van der Waals surface area contributed by atoms with Crippen LogP contribution in [0.1, 0.15) is 11.6 Å². The van der Waals surface area contributed by atoms with Gasteiger partial charge in [-0.3, -0.25) is 4.90 Å². The number of hydrogen-bond donors (Lipinski definition) is 0. The summed E-state index contributed by atoms with van der Waals surface area (Å²) < 4.78 is 0.780. The van der Waals surface area contributed by atoms with E-state index in [0.717, 1.165) is 4.58 Å². The molecule has 1 aromatic carbocycles. The predicted octanol–water partition coefficient (Wildman–Crippen LogP) is 2.76. The molecule has 0 aliphatic carbocycles. The van der Waals surface area contributed by atoms with Crippen LogP contribution in [0.15, 0.2) is 30.3 Å². The SMILES string of the molecule is c1ccc(C2C3SCN2CS3)cc1. The highest BCUT2D eigenvalue weighted by atomic mass is 32.2. The van der Waals surface area contributed by atoms with Crippen molar-refractivity contribution in [2.75, 3.05) is 11.8 Å². The highest BCUT2D eigenvalue weighted by Crippen LogP contribution is 2.51. The van der Waals surface area contributed by atoms with E-state index in [0.29, 0.717) is 6.04 Å². The van der Waals surface area contributed by atoms with Crippen LogP contribution in [-0.4, -0.2) is 21.2 Å². The molecule has 2 aliphatic rings. The molecule has 1 aromatic rings. The second-order valence-corrected chi connectivity index (χ2v) is 5.90. The zero-order valence-electron chi connectivity index (χ0n) is 7.22. The molecule has 3 rings (SSSR count). The van der Waals surface area contributed by atoms with Gasteiger partial charge in [-0.15, -0.1) is 23.5 Å². The van der Waals surface area contributed by atoms with Gasteiger partial charge in [-0.1, -0.05) is 30.3 Å². The highest BCUT2D eigenvalue weighted by molar-refractivity contribution is 8.17. The summed E-state index contributed by atoms with van der Waals surface area (Å²) in [5.41, 5.74) is 1.49. The summed E-state index contributed by atoms with van der Waals surface area (Å²) in [6.45, 7) is 0. The third-order valence-corrected chi connectivity index (χ3v) is 5.55. The molecule has 2 aliphatic heterocycles. The van der Waals surface area contributed by atoms with Crippen LogP contribution in [0.5, 0.6) is 0 Å². The maximum atomic E-state index is 2.56. The van der Waals surface area contributed by atoms with Gasteiger partial charge in [-0.2, -0.15) is 0 Å². The summed E-state index contributed by atoms with van der Waals surface area (Å²) in [7, 11) is 0. The molecule has 2 heterocycles. The van der Waals surface area contributed by atoms with E-state index in [1.165, 1.54) is 17.3 Å². The van der Waals surface area contributed by atoms with Crippen LogP contribution in [-0.2, 0) is 0 Å². The summed E-state index contributed by atoms with van der Waals surface area (Å²) in [5, 5.41) is 0. The first-order valence-corrected chi connectivity index (χ1v) is 6.57. The van der Waals surface area contributed by atoms with E-state index in [-0.39, 0.29) is 0 Å². The second-order valence-electron chi connectivity index (χ2n) is 3.40. The Kier molecular flexibility index (Phi) is 2.04. The van der Waals surface area contributed by atoms with Crippen molar-refractivity contribution < 1.29 is 0 Å². The van der Waals surface area contributed by atoms with E-state index in [4.69, 9.17) is 0 Å². The Labute approximate surface area is 86.9 Å². The fraction of sp³-hybridized carbons (Fsp3) is 0.400. The first kappa shape index (κ1) is 8.21. The van der Waals surface area contributed by atoms with Crippen molar-refractivity contribution in [3.63, 3.8) is 0 Å². The van der Waals surface area contributed by atoms with Crippen molar-refractivity contribution in [3.05, 3.63) is 35.9 Å². The number of hydrogen-bond acceptors (Lipinski definition) is 3. The Balaban J connectivity index is 1.94. The normalized spacial score (nSPS) is 36.8. The van der Waals surface area contributed by atoms with Crippen LogP contribution >= 0.6 is 23.5 Å². The summed E-state index contributed by atoms with van der Waals surface area (Å²) in [5.74, 6) is 2.44. The molecule has 1 nitrogen and oxygen atoms in total. The third kappa shape index (κ3) is 1.30. The smallest absolute Gasteiger partial charge is 0.0725 e. The fourth-order valence-corrected chi connectivity index (χ4v) is 5.03. The van der Waals surface area contributed by atoms with E-state index < -0.39 is 0 Å². The molecule has 68 valence electrons. The first-order valence-electron chi connectivity index (χ1n) is 4.47. The van der Waals surface area contributed by atoms with Gasteiger partial charge in [0.05, 0.1) is 10.6 Å². The molecule has 2 saturated heterocycles. The van der Waals surface area contributed by atoms with Gasteiger partial charge >= 0.3 is 0 Å². The largest absolute Gasteiger partial charge is 0.276 e. The van der Waals surface area contributed by atoms with Gasteiger partial charge in [0.1, 0.15) is 0 Å². The van der Waals surface area contributed by atoms with E-state index >= 15 is 0 Å². The molecule has 0 spiro atoms. The molecule has 3 heteroatoms. The van der Waals surface area contributed by atoms with Crippen LogP contribution in [0, 0.1) is 0 Å². The van der Waals surface area contributed by atoms with Gasteiger partial charge in [0.2, 0.25) is 0 Å². The van der Waals surface area contributed by atoms with E-state index in [2.05, 4.69) is 58.8 Å². The van der Waals surface area contributed by atoms with Crippen LogP contribution in [0.2, 0.25) is 0 Å². The number of benzene rings is 1. The lowest BCUT2D eigenvalue weighted by molar-refractivity contribution is 0.328. The van der Waals surface area contributed by atoms with Crippen LogP contribution in [0.25, 0.3) is 0 Å². The van der Waals surface area contributed by atoms with Crippen molar-refractivity contribution in [3.8, 4) is 0 Å². The molecule has 13 heavy (non-hydrogen) atoms. The number of thioether (sulfide) groups is 2. The van der Waals surface area contributed by atoms with Crippen molar-refractivity contribution in [1.82, 2.24) is 4.90 Å². The van der Waals surface area contributed by atoms with Gasteiger partial charge in [-0.05, 0) is 5.56 Å². The van der Waals surface area contributed by atoms with Crippen LogP contribution in [0.4, 0.5) is 0 Å². The lowest BCUT2D eigenvalue weighted by Gasteiger charge is -2.16. The molecule has 1 atom stereocenters. The molecule has 1 unspecified atom stereocenters. The fourth-order valence-electron chi connectivity index (χ4n) is 1.96. The number of fused-ring (bicyclic) bond motifs is 2.